The van der Waals surface area contributed by atoms with Crippen LogP contribution in [0.1, 0.15) is 32.6 Å². The van der Waals surface area contributed by atoms with Crippen molar-refractivity contribution in [1.82, 2.24) is 4.72 Å². The van der Waals surface area contributed by atoms with Gasteiger partial charge in [-0.2, -0.15) is 0 Å². The highest BCUT2D eigenvalue weighted by Gasteiger charge is 2.38. The number of rotatable bonds is 5. The molecule has 0 bridgehead atoms. The number of sulfone groups is 1. The highest BCUT2D eigenvalue weighted by atomic mass is 32.3. The molecule has 18 heavy (non-hydrogen) atoms. The van der Waals surface area contributed by atoms with Gasteiger partial charge < -0.3 is 5.11 Å². The molecule has 0 aromatic rings. The van der Waals surface area contributed by atoms with Gasteiger partial charge in [0.15, 0.2) is 14.9 Å². The molecule has 108 valence electrons. The van der Waals surface area contributed by atoms with Crippen LogP contribution in [0, 0.1) is 5.92 Å². The summed E-state index contributed by atoms with van der Waals surface area (Å²) < 4.78 is 48.1. The Morgan fingerprint density at radius 2 is 1.94 bits per heavy atom. The Morgan fingerprint density at radius 1 is 1.33 bits per heavy atom. The fraction of sp³-hybridized carbons (Fsp3) is 1.00. The predicted molar refractivity (Wildman–Crippen MR) is 69.2 cm³/mol. The molecule has 0 heterocycles. The average Bonchev–Trinajstić information content (AvgIpc) is 2.12. The van der Waals surface area contributed by atoms with E-state index in [4.69, 9.17) is 0 Å². The summed E-state index contributed by atoms with van der Waals surface area (Å²) in [6, 6.07) is 0. The van der Waals surface area contributed by atoms with E-state index in [9.17, 15) is 21.9 Å². The normalized spacial score (nSPS) is 30.3. The zero-order valence-electron chi connectivity index (χ0n) is 10.7. The van der Waals surface area contributed by atoms with Gasteiger partial charge in [-0.15, -0.1) is 0 Å². The third-order valence-electron chi connectivity index (χ3n) is 3.14. The van der Waals surface area contributed by atoms with Crippen LogP contribution in [0.5, 0.6) is 0 Å². The zero-order chi connectivity index (χ0) is 14.0. The zero-order valence-corrected chi connectivity index (χ0v) is 12.3. The lowest BCUT2D eigenvalue weighted by Gasteiger charge is -2.38. The molecule has 1 fully saturated rings. The van der Waals surface area contributed by atoms with Gasteiger partial charge in [0.2, 0.25) is 10.0 Å². The highest BCUT2D eigenvalue weighted by Crippen LogP contribution is 2.32. The molecule has 0 amide bonds. The van der Waals surface area contributed by atoms with Gasteiger partial charge in [0.05, 0.1) is 12.1 Å². The van der Waals surface area contributed by atoms with E-state index in [1.807, 2.05) is 6.92 Å². The first kappa shape index (κ1) is 15.9. The van der Waals surface area contributed by atoms with Gasteiger partial charge in [-0.25, -0.2) is 21.6 Å². The first-order chi connectivity index (χ1) is 8.08. The number of nitrogens with one attached hydrogen (secondary N) is 1. The van der Waals surface area contributed by atoms with Gasteiger partial charge in [-0.05, 0) is 18.8 Å². The minimum absolute atomic E-state index is 0.305. The van der Waals surface area contributed by atoms with Gasteiger partial charge in [0, 0.05) is 6.26 Å². The quantitative estimate of drug-likeness (QED) is 0.735. The Hall–Kier alpha value is -0.180. The first-order valence-electron chi connectivity index (χ1n) is 5.88. The Bertz CT molecular complexity index is 484. The minimum atomic E-state index is -3.93. The molecule has 2 N–H and O–H groups in total. The fourth-order valence-electron chi connectivity index (χ4n) is 2.57. The molecular formula is C10H21NO5S2. The summed E-state index contributed by atoms with van der Waals surface area (Å²) in [6.07, 6.45) is 3.77. The van der Waals surface area contributed by atoms with Crippen LogP contribution < -0.4 is 4.72 Å². The molecule has 0 spiro atoms. The maximum atomic E-state index is 11.8. The van der Waals surface area contributed by atoms with Crippen LogP contribution in [0.15, 0.2) is 0 Å². The lowest BCUT2D eigenvalue weighted by Crippen LogP contribution is -2.54. The average molecular weight is 299 g/mol. The van der Waals surface area contributed by atoms with Crippen molar-refractivity contribution >= 4 is 19.9 Å². The fourth-order valence-corrected chi connectivity index (χ4v) is 5.97. The summed E-state index contributed by atoms with van der Waals surface area (Å²) in [5.41, 5.74) is -0.902. The van der Waals surface area contributed by atoms with Gasteiger partial charge in [-0.1, -0.05) is 19.8 Å². The van der Waals surface area contributed by atoms with Crippen molar-refractivity contribution < 1.29 is 21.9 Å². The van der Waals surface area contributed by atoms with E-state index in [0.29, 0.717) is 18.8 Å². The molecule has 1 aliphatic carbocycles. The van der Waals surface area contributed by atoms with Gasteiger partial charge in [0.1, 0.15) is 0 Å². The maximum Gasteiger partial charge on any atom is 0.226 e. The van der Waals surface area contributed by atoms with E-state index >= 15 is 0 Å². The van der Waals surface area contributed by atoms with E-state index in [1.165, 1.54) is 0 Å². The number of aliphatic hydroxyl groups is 1. The number of sulfonamides is 1. The molecule has 8 heteroatoms. The van der Waals surface area contributed by atoms with Crippen molar-refractivity contribution in [3.05, 3.63) is 0 Å². The topological polar surface area (TPSA) is 101 Å². The molecule has 0 aromatic heterocycles. The lowest BCUT2D eigenvalue weighted by molar-refractivity contribution is 0.120. The highest BCUT2D eigenvalue weighted by molar-refractivity contribution is 8.06. The molecule has 2 atom stereocenters. The monoisotopic (exact) mass is 299 g/mol. The second-order valence-corrected chi connectivity index (χ2v) is 9.63. The SMILES string of the molecule is CC1CCCC(CO)(NS(=O)(=O)CS(C)(=O)=O)C1. The molecule has 1 saturated carbocycles. The largest absolute Gasteiger partial charge is 0.394 e. The summed E-state index contributed by atoms with van der Waals surface area (Å²) in [5.74, 6) is 0.312. The number of aliphatic hydroxyl groups excluding tert-OH is 1. The summed E-state index contributed by atoms with van der Waals surface area (Å²) >= 11 is 0. The Morgan fingerprint density at radius 3 is 2.39 bits per heavy atom. The van der Waals surface area contributed by atoms with Gasteiger partial charge in [0.25, 0.3) is 0 Å². The standard InChI is InChI=1S/C10H21NO5S2/c1-9-4-3-5-10(6-9,7-12)11-18(15,16)8-17(2,13)14/h9,11-12H,3-8H2,1-2H3. The van der Waals surface area contributed by atoms with Crippen LogP contribution in [0.3, 0.4) is 0 Å². The number of hydrogen-bond acceptors (Lipinski definition) is 5. The summed E-state index contributed by atoms with van der Waals surface area (Å²) in [5, 5.41) is 8.51. The van der Waals surface area contributed by atoms with E-state index < -0.39 is 30.5 Å². The molecule has 1 aliphatic rings. The van der Waals surface area contributed by atoms with E-state index in [2.05, 4.69) is 4.72 Å². The van der Waals surface area contributed by atoms with Crippen molar-refractivity contribution in [3.63, 3.8) is 0 Å². The van der Waals surface area contributed by atoms with Crippen molar-refractivity contribution in [2.45, 2.75) is 38.1 Å². The molecule has 0 radical (unpaired) electrons. The van der Waals surface area contributed by atoms with Crippen LogP contribution in [-0.4, -0.2) is 45.4 Å². The second-order valence-electron chi connectivity index (χ2n) is 5.40. The molecular weight excluding hydrogens is 278 g/mol. The van der Waals surface area contributed by atoms with Crippen molar-refractivity contribution in [2.75, 3.05) is 17.9 Å². The van der Waals surface area contributed by atoms with Crippen LogP contribution >= 0.6 is 0 Å². The molecule has 6 nitrogen and oxygen atoms in total. The molecule has 0 aromatic carbocycles. The van der Waals surface area contributed by atoms with Crippen LogP contribution in [0.2, 0.25) is 0 Å². The summed E-state index contributed by atoms with van der Waals surface area (Å²) in [4.78, 5) is 0. The van der Waals surface area contributed by atoms with Crippen LogP contribution in [0.25, 0.3) is 0 Å². The van der Waals surface area contributed by atoms with Crippen LogP contribution in [-0.2, 0) is 19.9 Å². The van der Waals surface area contributed by atoms with E-state index in [-0.39, 0.29) is 6.61 Å². The molecule has 0 saturated heterocycles. The minimum Gasteiger partial charge on any atom is -0.394 e. The molecule has 2 unspecified atom stereocenters. The molecule has 0 aliphatic heterocycles. The Balaban J connectivity index is 2.85. The third-order valence-corrected chi connectivity index (χ3v) is 6.83. The second kappa shape index (κ2) is 5.44. The third kappa shape index (κ3) is 4.83. The van der Waals surface area contributed by atoms with Crippen molar-refractivity contribution in [2.24, 2.45) is 5.92 Å². The van der Waals surface area contributed by atoms with Crippen LogP contribution in [0.4, 0.5) is 0 Å². The Labute approximate surface area is 109 Å². The summed E-state index contributed by atoms with van der Waals surface area (Å²) in [6.45, 7) is 1.69. The smallest absolute Gasteiger partial charge is 0.226 e. The van der Waals surface area contributed by atoms with Crippen molar-refractivity contribution in [1.29, 1.82) is 0 Å². The van der Waals surface area contributed by atoms with E-state index in [1.54, 1.807) is 0 Å². The van der Waals surface area contributed by atoms with Gasteiger partial charge >= 0.3 is 0 Å². The predicted octanol–water partition coefficient (Wildman–Crippen LogP) is -0.151. The van der Waals surface area contributed by atoms with E-state index in [0.717, 1.165) is 19.1 Å². The van der Waals surface area contributed by atoms with Crippen molar-refractivity contribution in [3.8, 4) is 0 Å². The molecule has 1 rings (SSSR count). The lowest BCUT2D eigenvalue weighted by atomic mass is 9.78. The maximum absolute atomic E-state index is 11.8. The first-order valence-corrected chi connectivity index (χ1v) is 9.59. The summed E-state index contributed by atoms with van der Waals surface area (Å²) in [7, 11) is -7.54. The number of hydrogen-bond donors (Lipinski definition) is 2. The van der Waals surface area contributed by atoms with Gasteiger partial charge in [-0.3, -0.25) is 0 Å². The Kier molecular flexibility index (Phi) is 4.80.